The van der Waals surface area contributed by atoms with Gasteiger partial charge in [0.25, 0.3) is 0 Å². The minimum atomic E-state index is -0.237. The lowest BCUT2D eigenvalue weighted by Gasteiger charge is -2.35. The SMILES string of the molecule is CC1(c2ccc(F)c(Br)c2)COCCN1. The Morgan fingerprint density at radius 3 is 2.93 bits per heavy atom. The number of benzene rings is 1. The Morgan fingerprint density at radius 1 is 1.53 bits per heavy atom. The molecule has 0 bridgehead atoms. The zero-order chi connectivity index (χ0) is 10.9. The summed E-state index contributed by atoms with van der Waals surface area (Å²) in [4.78, 5) is 0. The summed E-state index contributed by atoms with van der Waals surface area (Å²) >= 11 is 3.19. The van der Waals surface area contributed by atoms with Crippen LogP contribution in [0.25, 0.3) is 0 Å². The zero-order valence-corrected chi connectivity index (χ0v) is 10.1. The van der Waals surface area contributed by atoms with E-state index < -0.39 is 0 Å². The summed E-state index contributed by atoms with van der Waals surface area (Å²) in [6, 6.07) is 5.07. The number of morpholine rings is 1. The first-order valence-corrected chi connectivity index (χ1v) is 5.69. The molecule has 1 N–H and O–H groups in total. The van der Waals surface area contributed by atoms with E-state index in [4.69, 9.17) is 4.74 Å². The van der Waals surface area contributed by atoms with Gasteiger partial charge in [-0.15, -0.1) is 0 Å². The molecule has 1 unspecified atom stereocenters. The van der Waals surface area contributed by atoms with Gasteiger partial charge in [0.2, 0.25) is 0 Å². The van der Waals surface area contributed by atoms with E-state index in [1.165, 1.54) is 6.07 Å². The number of hydrogen-bond donors (Lipinski definition) is 1. The van der Waals surface area contributed by atoms with Crippen molar-refractivity contribution in [3.05, 3.63) is 34.1 Å². The molecule has 0 spiro atoms. The molecule has 2 rings (SSSR count). The lowest BCUT2D eigenvalue weighted by atomic mass is 9.92. The van der Waals surface area contributed by atoms with Gasteiger partial charge in [-0.1, -0.05) is 6.07 Å². The lowest BCUT2D eigenvalue weighted by Crippen LogP contribution is -2.49. The molecule has 82 valence electrons. The molecule has 0 saturated carbocycles. The second-order valence-electron chi connectivity index (χ2n) is 3.94. The second kappa shape index (κ2) is 4.20. The fraction of sp³-hybridized carbons (Fsp3) is 0.455. The molecule has 2 nitrogen and oxygen atoms in total. The van der Waals surface area contributed by atoms with Gasteiger partial charge in [0.15, 0.2) is 0 Å². The molecular weight excluding hydrogens is 261 g/mol. The highest BCUT2D eigenvalue weighted by atomic mass is 79.9. The van der Waals surface area contributed by atoms with Crippen LogP contribution in [0.1, 0.15) is 12.5 Å². The van der Waals surface area contributed by atoms with Crippen LogP contribution in [0.2, 0.25) is 0 Å². The van der Waals surface area contributed by atoms with Gasteiger partial charge in [0.05, 0.1) is 23.2 Å². The maximum atomic E-state index is 13.1. The normalized spacial score (nSPS) is 26.6. The Morgan fingerprint density at radius 2 is 2.33 bits per heavy atom. The molecule has 1 fully saturated rings. The van der Waals surface area contributed by atoms with Crippen LogP contribution in [0.3, 0.4) is 0 Å². The first kappa shape index (κ1) is 11.0. The molecule has 0 aliphatic carbocycles. The fourth-order valence-electron chi connectivity index (χ4n) is 1.75. The van der Waals surface area contributed by atoms with Crippen LogP contribution < -0.4 is 5.32 Å². The maximum absolute atomic E-state index is 13.1. The third kappa shape index (κ3) is 2.22. The van der Waals surface area contributed by atoms with Crippen molar-refractivity contribution in [2.75, 3.05) is 19.8 Å². The van der Waals surface area contributed by atoms with E-state index >= 15 is 0 Å². The molecule has 1 aromatic rings. The summed E-state index contributed by atoms with van der Waals surface area (Å²) in [5.41, 5.74) is 0.824. The van der Waals surface area contributed by atoms with E-state index in [0.717, 1.165) is 18.7 Å². The molecule has 0 aromatic heterocycles. The summed E-state index contributed by atoms with van der Waals surface area (Å²) in [6.45, 7) is 4.24. The summed E-state index contributed by atoms with van der Waals surface area (Å²) in [5, 5.41) is 3.39. The first-order valence-electron chi connectivity index (χ1n) is 4.90. The number of nitrogens with one attached hydrogen (secondary N) is 1. The third-order valence-electron chi connectivity index (χ3n) is 2.71. The predicted octanol–water partition coefficient (Wildman–Crippen LogP) is 2.42. The largest absolute Gasteiger partial charge is 0.378 e. The molecule has 1 atom stereocenters. The van der Waals surface area contributed by atoms with Gasteiger partial charge in [-0.05, 0) is 40.5 Å². The van der Waals surface area contributed by atoms with E-state index in [1.54, 1.807) is 12.1 Å². The summed E-state index contributed by atoms with van der Waals surface area (Å²) in [7, 11) is 0. The van der Waals surface area contributed by atoms with Gasteiger partial charge in [-0.25, -0.2) is 4.39 Å². The van der Waals surface area contributed by atoms with Gasteiger partial charge in [0, 0.05) is 6.54 Å². The molecule has 1 heterocycles. The van der Waals surface area contributed by atoms with Gasteiger partial charge in [-0.2, -0.15) is 0 Å². The van der Waals surface area contributed by atoms with Crippen molar-refractivity contribution in [2.45, 2.75) is 12.5 Å². The van der Waals surface area contributed by atoms with Crippen LogP contribution in [0.15, 0.2) is 22.7 Å². The topological polar surface area (TPSA) is 21.3 Å². The molecule has 15 heavy (non-hydrogen) atoms. The highest BCUT2D eigenvalue weighted by Crippen LogP contribution is 2.27. The highest BCUT2D eigenvalue weighted by Gasteiger charge is 2.29. The van der Waals surface area contributed by atoms with E-state index in [9.17, 15) is 4.39 Å². The van der Waals surface area contributed by atoms with Crippen LogP contribution in [0.4, 0.5) is 4.39 Å². The quantitative estimate of drug-likeness (QED) is 0.849. The van der Waals surface area contributed by atoms with Crippen molar-refractivity contribution in [1.82, 2.24) is 5.32 Å². The number of hydrogen-bond acceptors (Lipinski definition) is 2. The second-order valence-corrected chi connectivity index (χ2v) is 4.79. The number of ether oxygens (including phenoxy) is 1. The minimum absolute atomic E-state index is 0.214. The average Bonchev–Trinajstić information content (AvgIpc) is 2.23. The molecule has 1 aliphatic heterocycles. The minimum Gasteiger partial charge on any atom is -0.378 e. The number of rotatable bonds is 1. The summed E-state index contributed by atoms with van der Waals surface area (Å²) in [6.07, 6.45) is 0. The van der Waals surface area contributed by atoms with Crippen molar-refractivity contribution in [1.29, 1.82) is 0 Å². The average molecular weight is 274 g/mol. The van der Waals surface area contributed by atoms with E-state index in [1.807, 2.05) is 0 Å². The fourth-order valence-corrected chi connectivity index (χ4v) is 2.13. The van der Waals surface area contributed by atoms with Crippen LogP contribution >= 0.6 is 15.9 Å². The highest BCUT2D eigenvalue weighted by molar-refractivity contribution is 9.10. The van der Waals surface area contributed by atoms with E-state index in [0.29, 0.717) is 11.1 Å². The first-order chi connectivity index (χ1) is 7.12. The van der Waals surface area contributed by atoms with Crippen molar-refractivity contribution >= 4 is 15.9 Å². The smallest absolute Gasteiger partial charge is 0.137 e. The van der Waals surface area contributed by atoms with Gasteiger partial charge in [0.1, 0.15) is 5.82 Å². The summed E-state index contributed by atoms with van der Waals surface area (Å²) in [5.74, 6) is -0.237. The van der Waals surface area contributed by atoms with Crippen LogP contribution in [0, 0.1) is 5.82 Å². The molecule has 0 radical (unpaired) electrons. The van der Waals surface area contributed by atoms with Crippen molar-refractivity contribution in [3.63, 3.8) is 0 Å². The lowest BCUT2D eigenvalue weighted by molar-refractivity contribution is 0.0338. The third-order valence-corrected chi connectivity index (χ3v) is 3.32. The van der Waals surface area contributed by atoms with Crippen molar-refractivity contribution < 1.29 is 9.13 Å². The molecule has 0 amide bonds. The molecule has 4 heteroatoms. The van der Waals surface area contributed by atoms with Crippen LogP contribution in [0.5, 0.6) is 0 Å². The Labute approximate surface area is 96.9 Å². The number of halogens is 2. The van der Waals surface area contributed by atoms with Crippen LogP contribution in [-0.2, 0) is 10.3 Å². The molecule has 1 saturated heterocycles. The predicted molar refractivity (Wildman–Crippen MR) is 60.3 cm³/mol. The van der Waals surface area contributed by atoms with Gasteiger partial charge in [-0.3, -0.25) is 0 Å². The van der Waals surface area contributed by atoms with Crippen LogP contribution in [-0.4, -0.2) is 19.8 Å². The maximum Gasteiger partial charge on any atom is 0.137 e. The monoisotopic (exact) mass is 273 g/mol. The Kier molecular flexibility index (Phi) is 3.09. The van der Waals surface area contributed by atoms with Gasteiger partial charge >= 0.3 is 0 Å². The van der Waals surface area contributed by atoms with Gasteiger partial charge < -0.3 is 10.1 Å². The zero-order valence-electron chi connectivity index (χ0n) is 8.52. The van der Waals surface area contributed by atoms with Crippen molar-refractivity contribution in [2.24, 2.45) is 0 Å². The molecule has 1 aromatic carbocycles. The van der Waals surface area contributed by atoms with E-state index in [2.05, 4.69) is 28.2 Å². The molecular formula is C11H13BrFNO. The molecule has 1 aliphatic rings. The Hall–Kier alpha value is -0.450. The Balaban J connectivity index is 2.31. The van der Waals surface area contributed by atoms with Crippen molar-refractivity contribution in [3.8, 4) is 0 Å². The van der Waals surface area contributed by atoms with E-state index in [-0.39, 0.29) is 11.4 Å². The standard InChI is InChI=1S/C11H13BrFNO/c1-11(7-15-5-4-14-11)8-2-3-10(13)9(12)6-8/h2-3,6,14H,4-5,7H2,1H3. The summed E-state index contributed by atoms with van der Waals surface area (Å²) < 4.78 is 19.0. The Bertz CT molecular complexity index is 364.